The Morgan fingerprint density at radius 2 is 0.893 bits per heavy atom. The van der Waals surface area contributed by atoms with Crippen molar-refractivity contribution in [2.45, 2.75) is 23.6 Å². The molecule has 4 aromatic rings. The summed E-state index contributed by atoms with van der Waals surface area (Å²) in [6.45, 7) is 4.11. The third-order valence-corrected chi connectivity index (χ3v) is 6.07. The van der Waals surface area contributed by atoms with E-state index in [1.807, 2.05) is 60.7 Å². The van der Waals surface area contributed by atoms with Gasteiger partial charge in [-0.15, -0.1) is 0 Å². The van der Waals surface area contributed by atoms with Crippen LogP contribution >= 0.6 is 0 Å². The minimum atomic E-state index is -1.24. The molecule has 28 heavy (non-hydrogen) atoms. The number of hydrogen-bond acceptors (Lipinski definition) is 1. The van der Waals surface area contributed by atoms with Gasteiger partial charge in [0.15, 0.2) is 9.79 Å². The first-order valence-electron chi connectivity index (χ1n) is 9.36. The third-order valence-electron chi connectivity index (χ3n) is 4.74. The fourth-order valence-corrected chi connectivity index (χ4v) is 4.77. The van der Waals surface area contributed by atoms with E-state index in [9.17, 15) is 4.55 Å². The van der Waals surface area contributed by atoms with Crippen LogP contribution in [0.15, 0.2) is 107 Å². The van der Waals surface area contributed by atoms with Crippen molar-refractivity contribution >= 4 is 11.2 Å². The summed E-state index contributed by atoms with van der Waals surface area (Å²) in [5, 5.41) is 0. The lowest BCUT2D eigenvalue weighted by atomic mass is 10.0. The first-order valence-corrected chi connectivity index (χ1v) is 10.5. The molecule has 4 aromatic carbocycles. The van der Waals surface area contributed by atoms with Crippen LogP contribution in [0, 0.1) is 13.8 Å². The average Bonchev–Trinajstić information content (AvgIpc) is 2.73. The van der Waals surface area contributed by atoms with Gasteiger partial charge in [0.05, 0.1) is 0 Å². The van der Waals surface area contributed by atoms with Crippen LogP contribution in [-0.2, 0) is 11.2 Å². The van der Waals surface area contributed by atoms with Crippen molar-refractivity contribution in [3.63, 3.8) is 0 Å². The summed E-state index contributed by atoms with van der Waals surface area (Å²) in [7, 11) is 0. The van der Waals surface area contributed by atoms with E-state index in [-0.39, 0.29) is 0 Å². The van der Waals surface area contributed by atoms with Gasteiger partial charge in [0.2, 0.25) is 0 Å². The Balaban J connectivity index is 1.75. The molecule has 1 nitrogen and oxygen atoms in total. The molecule has 0 atom stereocenters. The monoisotopic (exact) mass is 382 g/mol. The molecule has 0 aliphatic rings. The summed E-state index contributed by atoms with van der Waals surface area (Å²) < 4.78 is 13.4. The summed E-state index contributed by atoms with van der Waals surface area (Å²) in [5.74, 6) is 0. The molecule has 0 radical (unpaired) electrons. The Hall–Kier alpha value is -2.81. The van der Waals surface area contributed by atoms with Crippen LogP contribution < -0.4 is 0 Å². The van der Waals surface area contributed by atoms with Gasteiger partial charge in [-0.25, -0.2) is 0 Å². The van der Waals surface area contributed by atoms with Crippen molar-refractivity contribution < 1.29 is 4.55 Å². The first-order chi connectivity index (χ1) is 13.6. The van der Waals surface area contributed by atoms with Crippen molar-refractivity contribution in [2.75, 3.05) is 0 Å². The summed E-state index contributed by atoms with van der Waals surface area (Å²) in [4.78, 5) is 1.67. The van der Waals surface area contributed by atoms with Crippen molar-refractivity contribution in [2.24, 2.45) is 0 Å². The Morgan fingerprint density at radius 3 is 1.29 bits per heavy atom. The lowest BCUT2D eigenvalue weighted by Gasteiger charge is -2.14. The van der Waals surface area contributed by atoms with Gasteiger partial charge in [0.1, 0.15) is 0 Å². The molecule has 0 amide bonds. The molecule has 138 valence electrons. The van der Waals surface area contributed by atoms with E-state index in [2.05, 4.69) is 50.2 Å². The third kappa shape index (κ3) is 4.04. The number of hydrogen-bond donors (Lipinski definition) is 0. The summed E-state index contributed by atoms with van der Waals surface area (Å²) in [6.07, 6.45) is 0. The highest BCUT2D eigenvalue weighted by Crippen LogP contribution is 2.31. The van der Waals surface area contributed by atoms with Gasteiger partial charge in [-0.2, -0.15) is 0 Å². The standard InChI is InChI=1S/C26H22OS/c1-19-13-23(21-9-5-3-6-10-21)17-25(15-19)28(27)26-16-20(2)14-24(18-26)22-11-7-4-8-12-22/h3-18H,1-2H3. The van der Waals surface area contributed by atoms with Gasteiger partial charge in [-0.05, 0) is 59.4 Å². The van der Waals surface area contributed by atoms with Crippen molar-refractivity contribution in [3.05, 3.63) is 108 Å². The number of rotatable bonds is 4. The van der Waals surface area contributed by atoms with E-state index in [1.54, 1.807) is 0 Å². The van der Waals surface area contributed by atoms with Gasteiger partial charge in [-0.1, -0.05) is 72.8 Å². The fourth-order valence-electron chi connectivity index (χ4n) is 3.44. The molecule has 0 N–H and O–H groups in total. The highest BCUT2D eigenvalue weighted by Gasteiger charge is 2.18. The van der Waals surface area contributed by atoms with E-state index >= 15 is 0 Å². The molecule has 0 saturated carbocycles. The molecule has 2 heteroatoms. The SMILES string of the molecule is Cc1cc(-c2ccccc2)cc([S+]([O-])c2cc(C)cc(-c3ccccc3)c2)c1. The van der Waals surface area contributed by atoms with Crippen LogP contribution in [-0.4, -0.2) is 4.55 Å². The predicted molar refractivity (Wildman–Crippen MR) is 118 cm³/mol. The van der Waals surface area contributed by atoms with Gasteiger partial charge in [-0.3, -0.25) is 0 Å². The Labute approximate surface area is 169 Å². The second kappa shape index (κ2) is 8.05. The minimum Gasteiger partial charge on any atom is -0.606 e. The molecular formula is C26H22OS. The van der Waals surface area contributed by atoms with Gasteiger partial charge >= 0.3 is 0 Å². The largest absolute Gasteiger partial charge is 0.606 e. The van der Waals surface area contributed by atoms with E-state index in [4.69, 9.17) is 0 Å². The van der Waals surface area contributed by atoms with Gasteiger partial charge in [0.25, 0.3) is 0 Å². The minimum absolute atomic E-state index is 0.837. The summed E-state index contributed by atoms with van der Waals surface area (Å²) in [6, 6.07) is 32.9. The molecule has 0 aliphatic carbocycles. The highest BCUT2D eigenvalue weighted by atomic mass is 32.2. The van der Waals surface area contributed by atoms with Gasteiger partial charge in [0, 0.05) is 23.3 Å². The topological polar surface area (TPSA) is 23.1 Å². The fraction of sp³-hybridized carbons (Fsp3) is 0.0769. The maximum Gasteiger partial charge on any atom is 0.159 e. The van der Waals surface area contributed by atoms with Crippen molar-refractivity contribution in [3.8, 4) is 22.3 Å². The number of aryl methyl sites for hydroxylation is 2. The van der Waals surface area contributed by atoms with Crippen molar-refractivity contribution in [1.29, 1.82) is 0 Å². The van der Waals surface area contributed by atoms with E-state index in [0.717, 1.165) is 43.2 Å². The first kappa shape index (κ1) is 18.5. The normalized spacial score (nSPS) is 11.0. The van der Waals surface area contributed by atoms with Crippen molar-refractivity contribution in [1.82, 2.24) is 0 Å². The lowest BCUT2D eigenvalue weighted by Crippen LogP contribution is -2.04. The van der Waals surface area contributed by atoms with E-state index in [1.165, 1.54) is 0 Å². The van der Waals surface area contributed by atoms with E-state index in [0.29, 0.717) is 0 Å². The van der Waals surface area contributed by atoms with Crippen LogP contribution in [0.1, 0.15) is 11.1 Å². The molecule has 0 spiro atoms. The maximum atomic E-state index is 13.4. The van der Waals surface area contributed by atoms with Gasteiger partial charge < -0.3 is 4.55 Å². The second-order valence-electron chi connectivity index (χ2n) is 7.07. The molecular weight excluding hydrogens is 360 g/mol. The summed E-state index contributed by atoms with van der Waals surface area (Å²) in [5.41, 5.74) is 6.69. The number of benzene rings is 4. The quantitative estimate of drug-likeness (QED) is 0.356. The molecule has 0 heterocycles. The second-order valence-corrected chi connectivity index (χ2v) is 8.55. The molecule has 0 unspecified atom stereocenters. The van der Waals surface area contributed by atoms with Crippen LogP contribution in [0.5, 0.6) is 0 Å². The zero-order valence-electron chi connectivity index (χ0n) is 16.1. The molecule has 0 bridgehead atoms. The smallest absolute Gasteiger partial charge is 0.159 e. The van der Waals surface area contributed by atoms with Crippen LogP contribution in [0.4, 0.5) is 0 Å². The molecule has 0 aromatic heterocycles. The Morgan fingerprint density at radius 1 is 0.500 bits per heavy atom. The highest BCUT2D eigenvalue weighted by molar-refractivity contribution is 7.91. The average molecular weight is 383 g/mol. The van der Waals surface area contributed by atoms with E-state index < -0.39 is 11.2 Å². The Kier molecular flexibility index (Phi) is 5.34. The zero-order valence-corrected chi connectivity index (χ0v) is 16.9. The van der Waals surface area contributed by atoms with Crippen LogP contribution in [0.2, 0.25) is 0 Å². The molecule has 0 aliphatic heterocycles. The predicted octanol–water partition coefficient (Wildman–Crippen LogP) is 6.80. The molecule has 4 rings (SSSR count). The molecule has 0 fully saturated rings. The lowest BCUT2D eigenvalue weighted by molar-refractivity contribution is 0.595. The van der Waals surface area contributed by atoms with Crippen LogP contribution in [0.3, 0.4) is 0 Å². The molecule has 0 saturated heterocycles. The summed E-state index contributed by atoms with van der Waals surface area (Å²) >= 11 is -1.24. The van der Waals surface area contributed by atoms with Crippen LogP contribution in [0.25, 0.3) is 22.3 Å². The zero-order chi connectivity index (χ0) is 19.5. The Bertz CT molecular complexity index is 999. The maximum absolute atomic E-state index is 13.4.